The van der Waals surface area contributed by atoms with E-state index < -0.39 is 10.0 Å². The second kappa shape index (κ2) is 8.07. The molecular weight excluding hydrogens is 424 g/mol. The van der Waals surface area contributed by atoms with E-state index in [0.717, 1.165) is 24.1 Å². The summed E-state index contributed by atoms with van der Waals surface area (Å²) in [5.41, 5.74) is 2.68. The molecule has 3 aromatic rings. The van der Waals surface area contributed by atoms with Crippen molar-refractivity contribution in [2.24, 2.45) is 0 Å². The van der Waals surface area contributed by atoms with Crippen LogP contribution in [0, 0.1) is 0 Å². The molecule has 1 amide bonds. The fourth-order valence-electron chi connectivity index (χ4n) is 3.45. The number of anilines is 2. The largest absolute Gasteiger partial charge is 0.312 e. The Balaban J connectivity index is 1.63. The summed E-state index contributed by atoms with van der Waals surface area (Å²) in [6, 6.07) is 11.7. The molecule has 2 heterocycles. The van der Waals surface area contributed by atoms with Crippen LogP contribution < -0.4 is 9.62 Å². The molecule has 1 aliphatic heterocycles. The van der Waals surface area contributed by atoms with E-state index in [0.29, 0.717) is 23.1 Å². The molecule has 0 unspecified atom stereocenters. The molecule has 1 aliphatic rings. The van der Waals surface area contributed by atoms with E-state index in [1.807, 2.05) is 6.26 Å². The third-order valence-electron chi connectivity index (χ3n) is 4.83. The normalized spacial score (nSPS) is 13.7. The number of benzene rings is 2. The van der Waals surface area contributed by atoms with Crippen LogP contribution >= 0.6 is 11.8 Å². The van der Waals surface area contributed by atoms with E-state index in [1.165, 1.54) is 29.4 Å². The molecule has 0 bridgehead atoms. The van der Waals surface area contributed by atoms with Crippen LogP contribution in [0.25, 0.3) is 5.69 Å². The Bertz CT molecular complexity index is 1210. The van der Waals surface area contributed by atoms with Crippen LogP contribution in [0.5, 0.6) is 0 Å². The molecular formula is C19H20N6O3S2. The zero-order valence-corrected chi connectivity index (χ0v) is 18.1. The molecule has 1 aromatic heterocycles. The van der Waals surface area contributed by atoms with Gasteiger partial charge in [-0.2, -0.15) is 4.68 Å². The van der Waals surface area contributed by atoms with Gasteiger partial charge in [-0.15, -0.1) is 5.10 Å². The van der Waals surface area contributed by atoms with Gasteiger partial charge in [0.15, 0.2) is 0 Å². The van der Waals surface area contributed by atoms with Crippen molar-refractivity contribution in [2.45, 2.75) is 29.8 Å². The number of carbonyl (C=O) groups is 1. The summed E-state index contributed by atoms with van der Waals surface area (Å²) >= 11 is 1.39. The van der Waals surface area contributed by atoms with Crippen molar-refractivity contribution in [1.29, 1.82) is 0 Å². The van der Waals surface area contributed by atoms with Gasteiger partial charge in [-0.05, 0) is 71.5 Å². The van der Waals surface area contributed by atoms with Gasteiger partial charge in [-0.3, -0.25) is 9.52 Å². The maximum Gasteiger partial charge on any atom is 0.261 e. The van der Waals surface area contributed by atoms with Gasteiger partial charge in [0, 0.05) is 19.2 Å². The Kier molecular flexibility index (Phi) is 5.48. The third-order valence-corrected chi connectivity index (χ3v) is 6.83. The van der Waals surface area contributed by atoms with Crippen LogP contribution in [0.4, 0.5) is 11.4 Å². The van der Waals surface area contributed by atoms with Crippen molar-refractivity contribution in [1.82, 2.24) is 20.2 Å². The third kappa shape index (κ3) is 3.90. The van der Waals surface area contributed by atoms with Crippen molar-refractivity contribution in [3.63, 3.8) is 0 Å². The van der Waals surface area contributed by atoms with E-state index in [1.54, 1.807) is 41.3 Å². The fraction of sp³-hybridized carbons (Fsp3) is 0.263. The minimum Gasteiger partial charge on any atom is -0.312 e. The van der Waals surface area contributed by atoms with E-state index >= 15 is 0 Å². The summed E-state index contributed by atoms with van der Waals surface area (Å²) in [7, 11) is -3.81. The molecule has 2 aromatic carbocycles. The number of hydrogen-bond acceptors (Lipinski definition) is 7. The number of hydrogen-bond donors (Lipinski definition) is 1. The predicted octanol–water partition coefficient (Wildman–Crippen LogP) is 2.48. The summed E-state index contributed by atoms with van der Waals surface area (Å²) in [4.78, 5) is 13.7. The lowest BCUT2D eigenvalue weighted by atomic mass is 10.0. The van der Waals surface area contributed by atoms with Crippen LogP contribution in [0.1, 0.15) is 18.9 Å². The Morgan fingerprint density at radius 2 is 2.03 bits per heavy atom. The average molecular weight is 445 g/mol. The minimum absolute atomic E-state index is 0.0475. The van der Waals surface area contributed by atoms with Crippen molar-refractivity contribution < 1.29 is 13.2 Å². The van der Waals surface area contributed by atoms with Crippen LogP contribution in [-0.4, -0.2) is 47.3 Å². The van der Waals surface area contributed by atoms with Gasteiger partial charge < -0.3 is 4.90 Å². The molecule has 0 spiro atoms. The first kappa shape index (κ1) is 20.4. The van der Waals surface area contributed by atoms with E-state index in [2.05, 4.69) is 20.2 Å². The number of thioether (sulfide) groups is 1. The average Bonchev–Trinajstić information content (AvgIpc) is 3.21. The van der Waals surface area contributed by atoms with Gasteiger partial charge in [-0.25, -0.2) is 8.42 Å². The van der Waals surface area contributed by atoms with E-state index in [4.69, 9.17) is 0 Å². The number of fused-ring (bicyclic) bond motifs is 1. The predicted molar refractivity (Wildman–Crippen MR) is 115 cm³/mol. The Hall–Kier alpha value is -2.92. The quantitative estimate of drug-likeness (QED) is 0.602. The maximum atomic E-state index is 13.0. The van der Waals surface area contributed by atoms with Crippen molar-refractivity contribution in [3.8, 4) is 5.69 Å². The van der Waals surface area contributed by atoms with Gasteiger partial charge in [0.25, 0.3) is 10.0 Å². The van der Waals surface area contributed by atoms with E-state index in [9.17, 15) is 13.2 Å². The van der Waals surface area contributed by atoms with Crippen LogP contribution in [0.2, 0.25) is 0 Å². The van der Waals surface area contributed by atoms with Gasteiger partial charge >= 0.3 is 0 Å². The summed E-state index contributed by atoms with van der Waals surface area (Å²) in [5.74, 6) is -0.0475. The zero-order chi connectivity index (χ0) is 21.3. The highest BCUT2D eigenvalue weighted by Gasteiger charge is 2.23. The Morgan fingerprint density at radius 3 is 2.80 bits per heavy atom. The van der Waals surface area contributed by atoms with Gasteiger partial charge in [0.2, 0.25) is 11.1 Å². The summed E-state index contributed by atoms with van der Waals surface area (Å²) in [6.07, 6.45) is 3.39. The van der Waals surface area contributed by atoms with Crippen molar-refractivity contribution in [2.75, 3.05) is 22.4 Å². The van der Waals surface area contributed by atoms with Gasteiger partial charge in [-0.1, -0.05) is 17.8 Å². The second-order valence-electron chi connectivity index (χ2n) is 6.80. The number of aryl methyl sites for hydroxylation is 1. The molecule has 0 aliphatic carbocycles. The lowest BCUT2D eigenvalue weighted by Crippen LogP contribution is -2.33. The summed E-state index contributed by atoms with van der Waals surface area (Å²) in [6.45, 7) is 2.16. The molecule has 0 fully saturated rings. The maximum absolute atomic E-state index is 13.0. The fourth-order valence-corrected chi connectivity index (χ4v) is 4.98. The monoisotopic (exact) mass is 444 g/mol. The smallest absolute Gasteiger partial charge is 0.261 e. The highest BCUT2D eigenvalue weighted by atomic mass is 32.2. The number of rotatable bonds is 5. The molecule has 156 valence electrons. The highest BCUT2D eigenvalue weighted by Crippen LogP contribution is 2.30. The summed E-state index contributed by atoms with van der Waals surface area (Å²) < 4.78 is 30.1. The number of nitrogens with one attached hydrogen (secondary N) is 1. The Labute approximate surface area is 178 Å². The van der Waals surface area contributed by atoms with Crippen LogP contribution in [0.15, 0.2) is 52.5 Å². The number of tetrazole rings is 1. The Morgan fingerprint density at radius 1 is 1.20 bits per heavy atom. The molecule has 0 atom stereocenters. The molecule has 4 rings (SSSR count). The van der Waals surface area contributed by atoms with Gasteiger partial charge in [0.05, 0.1) is 16.3 Å². The number of amides is 1. The first-order chi connectivity index (χ1) is 14.4. The molecule has 0 saturated carbocycles. The van der Waals surface area contributed by atoms with Crippen LogP contribution in [-0.2, 0) is 21.2 Å². The first-order valence-corrected chi connectivity index (χ1v) is 12.0. The molecule has 1 N–H and O–H groups in total. The zero-order valence-electron chi connectivity index (χ0n) is 16.4. The molecule has 9 nitrogen and oxygen atoms in total. The number of aromatic nitrogens is 4. The van der Waals surface area contributed by atoms with Crippen LogP contribution in [0.3, 0.4) is 0 Å². The molecule has 30 heavy (non-hydrogen) atoms. The van der Waals surface area contributed by atoms with Crippen molar-refractivity contribution >= 4 is 39.1 Å². The number of nitrogens with zero attached hydrogens (tertiary/aromatic N) is 5. The first-order valence-electron chi connectivity index (χ1n) is 9.26. The topological polar surface area (TPSA) is 110 Å². The summed E-state index contributed by atoms with van der Waals surface area (Å²) in [5, 5.41) is 12.1. The molecule has 0 saturated heterocycles. The minimum atomic E-state index is -3.81. The number of sulfonamides is 1. The number of carbonyl (C=O) groups excluding carboxylic acids is 1. The SMILES string of the molecule is CSc1nnnn1-c1cccc(NS(=O)(=O)c2ccc3c(c2)CCCN3C(C)=O)c1. The lowest BCUT2D eigenvalue weighted by Gasteiger charge is -2.28. The molecule has 0 radical (unpaired) electrons. The van der Waals surface area contributed by atoms with E-state index in [-0.39, 0.29) is 10.8 Å². The van der Waals surface area contributed by atoms with Crippen molar-refractivity contribution in [3.05, 3.63) is 48.0 Å². The highest BCUT2D eigenvalue weighted by molar-refractivity contribution is 7.98. The van der Waals surface area contributed by atoms with Gasteiger partial charge in [0.1, 0.15) is 0 Å². The lowest BCUT2D eigenvalue weighted by molar-refractivity contribution is -0.116. The standard InChI is InChI=1S/C19H20N6O3S2/c1-13(26)24-10-4-5-14-11-17(8-9-18(14)24)30(27,28)21-15-6-3-7-16(12-15)25-19(29-2)20-22-23-25/h3,6-9,11-12,21H,4-5,10H2,1-2H3. The molecule has 11 heteroatoms. The second-order valence-corrected chi connectivity index (χ2v) is 9.25.